The van der Waals surface area contributed by atoms with Crippen LogP contribution in [0.15, 0.2) is 71.0 Å². The predicted octanol–water partition coefficient (Wildman–Crippen LogP) is 4.69. The Labute approximate surface area is 384 Å². The number of ether oxygens (including phenoxy) is 2. The van der Waals surface area contributed by atoms with Gasteiger partial charge in [0.15, 0.2) is 4.90 Å². The normalized spacial score (nSPS) is 21.3. The Bertz CT molecular complexity index is 2370. The number of unbranched alkanes of at least 4 members (excludes halogenated alkanes) is 4. The number of hydrogen-bond donors (Lipinski definition) is 6. The molecule has 2 aromatic carbocycles. The van der Waals surface area contributed by atoms with Gasteiger partial charge in [-0.25, -0.2) is 40.7 Å². The van der Waals surface area contributed by atoms with E-state index in [2.05, 4.69) is 32.0 Å². The lowest BCUT2D eigenvalue weighted by molar-refractivity contribution is -0.387. The van der Waals surface area contributed by atoms with Gasteiger partial charge in [0, 0.05) is 31.1 Å². The number of likely N-dealkylation sites (tertiary alicyclic amines) is 1. The van der Waals surface area contributed by atoms with Crippen LogP contribution in [0.4, 0.5) is 21.0 Å². The molecule has 4 amide bonds. The van der Waals surface area contributed by atoms with Crippen molar-refractivity contribution in [2.24, 2.45) is 5.92 Å². The number of nitro benzene ring substituents is 1. The Morgan fingerprint density at radius 1 is 0.955 bits per heavy atom. The second kappa shape index (κ2) is 21.7. The van der Waals surface area contributed by atoms with Crippen LogP contribution in [0.1, 0.15) is 97.8 Å². The first-order valence-electron chi connectivity index (χ1n) is 21.9. The zero-order chi connectivity index (χ0) is 48.5. The van der Waals surface area contributed by atoms with Crippen molar-refractivity contribution in [1.82, 2.24) is 25.0 Å². The van der Waals surface area contributed by atoms with Crippen LogP contribution in [-0.4, -0.2) is 110 Å². The van der Waals surface area contributed by atoms with Crippen molar-refractivity contribution in [2.75, 3.05) is 18.4 Å². The van der Waals surface area contributed by atoms with Crippen LogP contribution in [0.5, 0.6) is 0 Å². The van der Waals surface area contributed by atoms with E-state index in [0.717, 1.165) is 55.6 Å². The summed E-state index contributed by atoms with van der Waals surface area (Å²) in [4.78, 5) is 76.2. The average molecular weight is 962 g/mol. The van der Waals surface area contributed by atoms with Gasteiger partial charge in [0.25, 0.3) is 21.6 Å². The van der Waals surface area contributed by atoms with E-state index >= 15 is 0 Å². The molecule has 5 atom stereocenters. The van der Waals surface area contributed by atoms with Crippen molar-refractivity contribution in [3.8, 4) is 0 Å². The van der Waals surface area contributed by atoms with Crippen molar-refractivity contribution >= 4 is 61.4 Å². The Morgan fingerprint density at radius 3 is 2.23 bits per heavy atom. The van der Waals surface area contributed by atoms with Gasteiger partial charge in [0.2, 0.25) is 15.9 Å². The lowest BCUT2D eigenvalue weighted by Crippen LogP contribution is -2.56. The number of nitrogens with zero attached hydrogens (tertiary/aromatic N) is 2. The fourth-order valence-electron chi connectivity index (χ4n) is 8.08. The molecule has 1 heterocycles. The highest BCUT2D eigenvalue weighted by atomic mass is 32.2. The lowest BCUT2D eigenvalue weighted by atomic mass is 10.1. The van der Waals surface area contributed by atoms with E-state index in [0.29, 0.717) is 25.8 Å². The number of carbonyl (C=O) groups is 5. The third kappa shape index (κ3) is 13.4. The largest absolute Gasteiger partial charge is 0.480 e. The van der Waals surface area contributed by atoms with Crippen LogP contribution in [0, 0.1) is 16.0 Å². The summed E-state index contributed by atoms with van der Waals surface area (Å²) in [5, 5.41) is 29.3. The number of nitrogens with one attached hydrogen (secondary N) is 5. The fraction of sp³-hybridized carbons (Fsp3) is 0.558. The number of sulfonamides is 2. The number of aliphatic carboxylic acids is 1. The summed E-state index contributed by atoms with van der Waals surface area (Å²) >= 11 is 0. The number of carbonyl (C=O) groups excluding carboxylic acids is 4. The standard InChI is InChI=1S/C43H59N7O14S2/c1-5-28-26-43(28,46-37(51)34-25-29(27-49(34)41(56)64-42(2,3)4)47-66(61,62)36-23-15-13-21-33(36)50(57)58)39(54)48-65(59,60)35-22-14-12-19-31(35)44-24-16-8-6-7-9-20-32(38(52)53)45-40(55)63-30-17-10-11-18-30/h5,12-15,19,21-23,28-30,32,34,44,47H,1,6-11,16-18,20,24-27H2,2-4H3,(H,45,55)(H,46,51)(H,48,54)(H,52,53)/t28-,29-,32+,34+,43-/m1/s1. The van der Waals surface area contributed by atoms with Crippen LogP contribution >= 0.6 is 0 Å². The van der Waals surface area contributed by atoms with Crippen LogP contribution < -0.4 is 25.4 Å². The van der Waals surface area contributed by atoms with Crippen molar-refractivity contribution in [3.05, 3.63) is 71.3 Å². The Morgan fingerprint density at radius 2 is 1.59 bits per heavy atom. The third-order valence-corrected chi connectivity index (χ3v) is 14.5. The Kier molecular flexibility index (Phi) is 16.8. The van der Waals surface area contributed by atoms with Crippen LogP contribution in [0.2, 0.25) is 0 Å². The molecule has 0 bridgehead atoms. The third-order valence-electron chi connectivity index (χ3n) is 11.5. The zero-order valence-corrected chi connectivity index (χ0v) is 38.8. The number of anilines is 1. The topological polar surface area (TPSA) is 299 Å². The molecular formula is C43H59N7O14S2. The highest BCUT2D eigenvalue weighted by molar-refractivity contribution is 7.90. The van der Waals surface area contributed by atoms with Gasteiger partial charge in [-0.3, -0.25) is 24.6 Å². The molecule has 6 N–H and O–H groups in total. The molecular weight excluding hydrogens is 903 g/mol. The molecule has 66 heavy (non-hydrogen) atoms. The molecule has 2 aliphatic carbocycles. The molecule has 0 spiro atoms. The lowest BCUT2D eigenvalue weighted by Gasteiger charge is -2.29. The summed E-state index contributed by atoms with van der Waals surface area (Å²) in [6.45, 7) is 8.44. The van der Waals surface area contributed by atoms with E-state index in [-0.39, 0.29) is 42.5 Å². The summed E-state index contributed by atoms with van der Waals surface area (Å²) in [7, 11) is -9.12. The Hall–Kier alpha value is -5.81. The number of rotatable bonds is 22. The first kappa shape index (κ1) is 51.2. The summed E-state index contributed by atoms with van der Waals surface area (Å²) in [5.74, 6) is -3.84. The second-order valence-electron chi connectivity index (χ2n) is 17.7. The van der Waals surface area contributed by atoms with Gasteiger partial charge in [-0.2, -0.15) is 0 Å². The first-order chi connectivity index (χ1) is 31.1. The number of amides is 4. The van der Waals surface area contributed by atoms with Crippen molar-refractivity contribution in [1.29, 1.82) is 0 Å². The van der Waals surface area contributed by atoms with Crippen LogP contribution in [0.25, 0.3) is 0 Å². The average Bonchev–Trinajstić information content (AvgIpc) is 3.48. The van der Waals surface area contributed by atoms with Gasteiger partial charge >= 0.3 is 18.2 Å². The van der Waals surface area contributed by atoms with E-state index in [1.807, 2.05) is 0 Å². The van der Waals surface area contributed by atoms with E-state index in [1.54, 1.807) is 26.8 Å². The summed E-state index contributed by atoms with van der Waals surface area (Å²) in [6, 6.07) is 6.97. The van der Waals surface area contributed by atoms with Gasteiger partial charge in [0.1, 0.15) is 34.2 Å². The summed E-state index contributed by atoms with van der Waals surface area (Å²) in [5.41, 5.74) is -3.32. The molecule has 1 saturated heterocycles. The van der Waals surface area contributed by atoms with Gasteiger partial charge in [0.05, 0.1) is 10.6 Å². The molecule has 3 fully saturated rings. The number of carboxylic acids is 1. The first-order valence-corrected chi connectivity index (χ1v) is 24.8. The maximum absolute atomic E-state index is 14.1. The van der Waals surface area contributed by atoms with Crippen molar-refractivity contribution in [2.45, 2.75) is 143 Å². The minimum absolute atomic E-state index is 0.0448. The molecule has 2 aromatic rings. The Balaban J connectivity index is 1.18. The van der Waals surface area contributed by atoms with Gasteiger partial charge in [-0.1, -0.05) is 56.0 Å². The molecule has 3 aliphatic rings. The molecule has 0 radical (unpaired) electrons. The minimum atomic E-state index is -4.56. The number of carboxylic acid groups (broad SMARTS) is 1. The molecule has 362 valence electrons. The van der Waals surface area contributed by atoms with E-state index in [9.17, 15) is 56.0 Å². The van der Waals surface area contributed by atoms with Gasteiger partial charge < -0.3 is 30.5 Å². The van der Waals surface area contributed by atoms with Gasteiger partial charge in [-0.15, -0.1) is 6.58 Å². The maximum atomic E-state index is 14.1. The number of nitro groups is 1. The molecule has 5 rings (SSSR count). The van der Waals surface area contributed by atoms with Crippen LogP contribution in [0.3, 0.4) is 0 Å². The molecule has 21 nitrogen and oxygen atoms in total. The van der Waals surface area contributed by atoms with E-state index in [4.69, 9.17) is 9.47 Å². The molecule has 1 aliphatic heterocycles. The summed E-state index contributed by atoms with van der Waals surface area (Å²) < 4.78 is 69.7. The van der Waals surface area contributed by atoms with E-state index in [1.165, 1.54) is 36.4 Å². The van der Waals surface area contributed by atoms with Crippen molar-refractivity contribution in [3.63, 3.8) is 0 Å². The highest BCUT2D eigenvalue weighted by Crippen LogP contribution is 2.45. The molecule has 0 aromatic heterocycles. The number of hydrogen-bond acceptors (Lipinski definition) is 14. The van der Waals surface area contributed by atoms with E-state index < -0.39 is 101 Å². The zero-order valence-electron chi connectivity index (χ0n) is 37.2. The van der Waals surface area contributed by atoms with Crippen molar-refractivity contribution < 1.29 is 60.3 Å². The molecule has 23 heteroatoms. The number of para-hydroxylation sites is 2. The maximum Gasteiger partial charge on any atom is 0.411 e. The molecule has 2 saturated carbocycles. The second-order valence-corrected chi connectivity index (χ2v) is 21.0. The van der Waals surface area contributed by atoms with Crippen LogP contribution in [-0.2, 0) is 43.9 Å². The fourth-order valence-corrected chi connectivity index (χ4v) is 10.7. The predicted molar refractivity (Wildman–Crippen MR) is 239 cm³/mol. The monoisotopic (exact) mass is 961 g/mol. The smallest absolute Gasteiger partial charge is 0.411 e. The number of alkyl carbamates (subject to hydrolysis) is 1. The SMILES string of the molecule is C=C[C@@H]1C[C@]1(NC(=O)[C@@H]1C[C@@H](NS(=O)(=O)c2ccccc2[N+](=O)[O-])CN1C(=O)OC(C)(C)C)C(=O)NS(=O)(=O)c1ccccc1NCCCCCCC[C@H](NC(=O)OC1CCCC1)C(=O)O. The summed E-state index contributed by atoms with van der Waals surface area (Å²) in [6.07, 6.45) is 6.20. The highest BCUT2D eigenvalue weighted by Gasteiger charge is 2.61. The quantitative estimate of drug-likeness (QED) is 0.0404. The molecule has 0 unspecified atom stereocenters. The minimum Gasteiger partial charge on any atom is -0.480 e. The number of benzene rings is 2. The van der Waals surface area contributed by atoms with Gasteiger partial charge in [-0.05, 0) is 90.3 Å².